The fourth-order valence-corrected chi connectivity index (χ4v) is 4.38. The molecule has 2 atom stereocenters. The Kier molecular flexibility index (Phi) is 7.15. The summed E-state index contributed by atoms with van der Waals surface area (Å²) in [4.78, 5) is 24.7. The van der Waals surface area contributed by atoms with Crippen molar-refractivity contribution in [3.8, 4) is 0 Å². The van der Waals surface area contributed by atoms with Crippen LogP contribution < -0.4 is 11.5 Å². The number of ether oxygens (including phenoxy) is 2. The van der Waals surface area contributed by atoms with Crippen molar-refractivity contribution >= 4 is 56.9 Å². The van der Waals surface area contributed by atoms with Crippen LogP contribution in [0.2, 0.25) is 10.0 Å². The highest BCUT2D eigenvalue weighted by molar-refractivity contribution is 6.31. The molecule has 0 saturated heterocycles. The number of carbonyl (C=O) groups is 2. The number of fused-ring (bicyclic) bond motifs is 2. The minimum Gasteiger partial charge on any atom is -0.439 e. The zero-order valence-corrected chi connectivity index (χ0v) is 21.3. The van der Waals surface area contributed by atoms with Gasteiger partial charge in [-0.1, -0.05) is 23.2 Å². The van der Waals surface area contributed by atoms with Gasteiger partial charge in [-0.3, -0.25) is 11.5 Å². The molecule has 36 heavy (non-hydrogen) atoms. The molecule has 2 unspecified atom stereocenters. The third-order valence-electron chi connectivity index (χ3n) is 5.46. The van der Waals surface area contributed by atoms with E-state index in [1.54, 1.807) is 26.0 Å². The average molecular weight is 529 g/mol. The van der Waals surface area contributed by atoms with E-state index in [2.05, 4.69) is 0 Å². The quantitative estimate of drug-likeness (QED) is 0.196. The Morgan fingerprint density at radius 2 is 1.17 bits per heavy atom. The molecule has 0 fully saturated rings. The molecule has 2 heterocycles. The molecule has 2 aromatic carbocycles. The molecule has 10 heteroatoms. The van der Waals surface area contributed by atoms with Crippen molar-refractivity contribution in [2.75, 3.05) is 0 Å². The van der Waals surface area contributed by atoms with Crippen molar-refractivity contribution in [2.24, 2.45) is 11.5 Å². The SMILES string of the molecule is CC(N)(Cn1ccc2cc(Cl)ccc21)OC(=O)/C=C/C(=O)OC(C)(N)Cn1ccc2cc(Cl)ccc21. The first kappa shape index (κ1) is 25.8. The topological polar surface area (TPSA) is 114 Å². The zero-order chi connectivity index (χ0) is 26.1. The van der Waals surface area contributed by atoms with E-state index in [1.165, 1.54) is 0 Å². The number of esters is 2. The Morgan fingerprint density at radius 3 is 1.56 bits per heavy atom. The fourth-order valence-electron chi connectivity index (χ4n) is 4.02. The number of nitrogens with two attached hydrogens (primary N) is 2. The lowest BCUT2D eigenvalue weighted by molar-refractivity contribution is -0.155. The Morgan fingerprint density at radius 1 is 0.778 bits per heavy atom. The van der Waals surface area contributed by atoms with Crippen LogP contribution in [-0.2, 0) is 32.2 Å². The fraction of sp³-hybridized carbons (Fsp3) is 0.231. The predicted molar refractivity (Wildman–Crippen MR) is 140 cm³/mol. The molecule has 4 N–H and O–H groups in total. The average Bonchev–Trinajstić information content (AvgIpc) is 3.34. The first-order chi connectivity index (χ1) is 16.9. The third-order valence-corrected chi connectivity index (χ3v) is 5.93. The van der Waals surface area contributed by atoms with E-state index >= 15 is 0 Å². The Labute approximate surface area is 217 Å². The molecule has 2 aromatic heterocycles. The molecule has 0 aliphatic carbocycles. The highest BCUT2D eigenvalue weighted by atomic mass is 35.5. The smallest absolute Gasteiger partial charge is 0.332 e. The Balaban J connectivity index is 1.33. The van der Waals surface area contributed by atoms with Crippen LogP contribution in [-0.4, -0.2) is 32.5 Å². The molecule has 0 aliphatic heterocycles. The molecule has 4 rings (SSSR count). The second-order valence-electron chi connectivity index (χ2n) is 9.09. The van der Waals surface area contributed by atoms with Gasteiger partial charge in [-0.05, 0) is 62.4 Å². The van der Waals surface area contributed by atoms with Crippen molar-refractivity contribution in [2.45, 2.75) is 38.4 Å². The van der Waals surface area contributed by atoms with Crippen molar-refractivity contribution in [1.82, 2.24) is 9.13 Å². The van der Waals surface area contributed by atoms with Gasteiger partial charge in [-0.2, -0.15) is 0 Å². The summed E-state index contributed by atoms with van der Waals surface area (Å²) in [6.07, 6.45) is 5.59. The molecule has 0 radical (unpaired) electrons. The maximum absolute atomic E-state index is 12.3. The van der Waals surface area contributed by atoms with Crippen LogP contribution >= 0.6 is 23.2 Å². The summed E-state index contributed by atoms with van der Waals surface area (Å²) in [6.45, 7) is 3.53. The number of aromatic nitrogens is 2. The summed E-state index contributed by atoms with van der Waals surface area (Å²) in [6, 6.07) is 14.7. The first-order valence-electron chi connectivity index (χ1n) is 11.1. The van der Waals surface area contributed by atoms with Gasteiger partial charge in [0.25, 0.3) is 0 Å². The van der Waals surface area contributed by atoms with Gasteiger partial charge in [0.1, 0.15) is 0 Å². The normalized spacial score (nSPS) is 15.2. The second-order valence-corrected chi connectivity index (χ2v) is 9.97. The second kappa shape index (κ2) is 9.99. The van der Waals surface area contributed by atoms with E-state index in [1.807, 2.05) is 57.9 Å². The largest absolute Gasteiger partial charge is 0.439 e. The molecule has 188 valence electrons. The molecular formula is C26H26Cl2N4O4. The van der Waals surface area contributed by atoms with E-state index in [4.69, 9.17) is 44.1 Å². The lowest BCUT2D eigenvalue weighted by Crippen LogP contribution is -2.45. The van der Waals surface area contributed by atoms with Gasteiger partial charge in [0, 0.05) is 56.4 Å². The van der Waals surface area contributed by atoms with E-state index < -0.39 is 23.4 Å². The number of hydrogen-bond acceptors (Lipinski definition) is 6. The van der Waals surface area contributed by atoms with Crippen molar-refractivity contribution in [3.05, 3.63) is 83.1 Å². The van der Waals surface area contributed by atoms with Crippen molar-refractivity contribution in [3.63, 3.8) is 0 Å². The zero-order valence-electron chi connectivity index (χ0n) is 19.8. The minimum atomic E-state index is -1.34. The van der Waals surface area contributed by atoms with Gasteiger partial charge in [0.2, 0.25) is 0 Å². The van der Waals surface area contributed by atoms with Gasteiger partial charge >= 0.3 is 11.9 Å². The van der Waals surface area contributed by atoms with E-state index in [0.29, 0.717) is 10.0 Å². The maximum atomic E-state index is 12.3. The number of hydrogen-bond donors (Lipinski definition) is 2. The lowest BCUT2D eigenvalue weighted by Gasteiger charge is -2.26. The lowest BCUT2D eigenvalue weighted by atomic mass is 10.2. The molecule has 8 nitrogen and oxygen atoms in total. The summed E-state index contributed by atoms with van der Waals surface area (Å²) in [5.74, 6) is -1.58. The Hall–Kier alpha value is -3.30. The standard InChI is InChI=1S/C26H26Cl2N4O4/c1-25(29,15-31-11-9-17-13-19(27)3-5-21(17)31)35-23(33)7-8-24(34)36-26(2,30)16-32-12-10-18-14-20(28)4-6-22(18)32/h3-14H,15-16,29-30H2,1-2H3/b8-7+. The number of rotatable bonds is 8. The van der Waals surface area contributed by atoms with Crippen LogP contribution in [0.4, 0.5) is 0 Å². The van der Waals surface area contributed by atoms with Gasteiger partial charge in [-0.15, -0.1) is 0 Å². The van der Waals surface area contributed by atoms with Crippen molar-refractivity contribution in [1.29, 1.82) is 0 Å². The molecule has 0 bridgehead atoms. The van der Waals surface area contributed by atoms with Gasteiger partial charge in [0.15, 0.2) is 11.4 Å². The number of halogens is 2. The monoisotopic (exact) mass is 528 g/mol. The van der Waals surface area contributed by atoms with Gasteiger partial charge in [-0.25, -0.2) is 9.59 Å². The summed E-state index contributed by atoms with van der Waals surface area (Å²) in [5.41, 5.74) is 11.5. The third kappa shape index (κ3) is 6.27. The molecule has 0 amide bonds. The summed E-state index contributed by atoms with van der Waals surface area (Å²) in [7, 11) is 0. The Bertz CT molecular complexity index is 1360. The van der Waals surface area contributed by atoms with E-state index in [-0.39, 0.29) is 13.1 Å². The number of benzene rings is 2. The van der Waals surface area contributed by atoms with Gasteiger partial charge < -0.3 is 18.6 Å². The van der Waals surface area contributed by atoms with E-state index in [0.717, 1.165) is 34.0 Å². The summed E-state index contributed by atoms with van der Waals surface area (Å²) >= 11 is 12.1. The van der Waals surface area contributed by atoms with Crippen LogP contribution in [0.5, 0.6) is 0 Å². The first-order valence-corrected chi connectivity index (χ1v) is 11.9. The molecular weight excluding hydrogens is 503 g/mol. The predicted octanol–water partition coefficient (Wildman–Crippen LogP) is 4.60. The summed E-state index contributed by atoms with van der Waals surface area (Å²) in [5, 5.41) is 3.13. The van der Waals surface area contributed by atoms with Gasteiger partial charge in [0.05, 0.1) is 13.1 Å². The number of carbonyl (C=O) groups excluding carboxylic acids is 2. The molecule has 0 saturated carbocycles. The molecule has 0 aliphatic rings. The summed E-state index contributed by atoms with van der Waals surface area (Å²) < 4.78 is 14.4. The highest BCUT2D eigenvalue weighted by Crippen LogP contribution is 2.23. The van der Waals surface area contributed by atoms with Crippen LogP contribution in [0.1, 0.15) is 13.8 Å². The van der Waals surface area contributed by atoms with Crippen LogP contribution in [0.25, 0.3) is 21.8 Å². The van der Waals surface area contributed by atoms with Crippen LogP contribution in [0, 0.1) is 0 Å². The highest BCUT2D eigenvalue weighted by Gasteiger charge is 2.26. The molecule has 0 spiro atoms. The van der Waals surface area contributed by atoms with Crippen LogP contribution in [0.15, 0.2) is 73.1 Å². The van der Waals surface area contributed by atoms with Crippen molar-refractivity contribution < 1.29 is 19.1 Å². The number of nitrogens with zero attached hydrogens (tertiary/aromatic N) is 2. The minimum absolute atomic E-state index is 0.194. The molecule has 4 aromatic rings. The maximum Gasteiger partial charge on any atom is 0.332 e. The van der Waals surface area contributed by atoms with E-state index in [9.17, 15) is 9.59 Å². The van der Waals surface area contributed by atoms with Crippen LogP contribution in [0.3, 0.4) is 0 Å².